The highest BCUT2D eigenvalue weighted by atomic mass is 32.2. The first-order valence-corrected chi connectivity index (χ1v) is 8.99. The van der Waals surface area contributed by atoms with E-state index in [9.17, 15) is 4.39 Å². The number of ether oxygens (including phenoxy) is 1. The van der Waals surface area contributed by atoms with E-state index in [1.807, 2.05) is 19.9 Å². The summed E-state index contributed by atoms with van der Waals surface area (Å²) >= 11 is 1.78. The molecule has 0 amide bonds. The molecule has 23 heavy (non-hydrogen) atoms. The van der Waals surface area contributed by atoms with Crippen molar-refractivity contribution >= 4 is 17.7 Å². The van der Waals surface area contributed by atoms with Crippen molar-refractivity contribution in [3.05, 3.63) is 29.6 Å². The molecule has 0 aliphatic rings. The lowest BCUT2D eigenvalue weighted by atomic mass is 10.1. The second-order valence-corrected chi connectivity index (χ2v) is 7.43. The van der Waals surface area contributed by atoms with Crippen molar-refractivity contribution in [1.29, 1.82) is 0 Å². The Morgan fingerprint density at radius 2 is 2.13 bits per heavy atom. The van der Waals surface area contributed by atoms with Gasteiger partial charge in [0.15, 0.2) is 17.5 Å². The van der Waals surface area contributed by atoms with Crippen LogP contribution in [0.5, 0.6) is 5.75 Å². The number of nitrogens with zero attached hydrogens (tertiary/aromatic N) is 1. The minimum absolute atomic E-state index is 0.0643. The summed E-state index contributed by atoms with van der Waals surface area (Å²) in [5.41, 5.74) is 0.845. The molecule has 1 atom stereocenters. The van der Waals surface area contributed by atoms with Gasteiger partial charge in [-0.2, -0.15) is 11.8 Å². The number of thioether (sulfide) groups is 1. The van der Waals surface area contributed by atoms with Gasteiger partial charge in [-0.05, 0) is 51.6 Å². The van der Waals surface area contributed by atoms with Gasteiger partial charge in [0.2, 0.25) is 0 Å². The summed E-state index contributed by atoms with van der Waals surface area (Å²) in [7, 11) is 1.46. The van der Waals surface area contributed by atoms with Crippen LogP contribution in [-0.2, 0) is 0 Å². The Bertz CT molecular complexity index is 535. The number of hydrogen-bond acceptors (Lipinski definition) is 3. The van der Waals surface area contributed by atoms with Crippen LogP contribution in [-0.4, -0.2) is 37.2 Å². The van der Waals surface area contributed by atoms with Crippen molar-refractivity contribution in [3.8, 4) is 5.75 Å². The van der Waals surface area contributed by atoms with Gasteiger partial charge in [0, 0.05) is 11.3 Å². The van der Waals surface area contributed by atoms with Crippen LogP contribution in [0.15, 0.2) is 23.2 Å². The highest BCUT2D eigenvalue weighted by Gasteiger charge is 2.16. The number of aliphatic imine (C=N–C) groups is 1. The summed E-state index contributed by atoms with van der Waals surface area (Å²) in [4.78, 5) is 4.63. The molecule has 0 saturated heterocycles. The van der Waals surface area contributed by atoms with E-state index in [2.05, 4.69) is 35.7 Å². The molecule has 1 unspecified atom stereocenters. The van der Waals surface area contributed by atoms with E-state index in [1.54, 1.807) is 17.8 Å². The summed E-state index contributed by atoms with van der Waals surface area (Å²) in [5.74, 6) is 0.630. The van der Waals surface area contributed by atoms with Crippen LogP contribution in [0.3, 0.4) is 0 Å². The second-order valence-electron chi connectivity index (χ2n) is 5.92. The predicted octanol–water partition coefficient (Wildman–Crippen LogP) is 3.59. The Morgan fingerprint density at radius 3 is 2.65 bits per heavy atom. The molecule has 0 bridgehead atoms. The van der Waals surface area contributed by atoms with E-state index in [0.717, 1.165) is 18.1 Å². The monoisotopic (exact) mass is 341 g/mol. The summed E-state index contributed by atoms with van der Waals surface area (Å²) in [6.45, 7) is 9.80. The molecule has 2 N–H and O–H groups in total. The van der Waals surface area contributed by atoms with Gasteiger partial charge in [-0.25, -0.2) is 4.39 Å². The van der Waals surface area contributed by atoms with Crippen LogP contribution in [0, 0.1) is 5.82 Å². The fourth-order valence-corrected chi connectivity index (χ4v) is 2.09. The third-order valence-electron chi connectivity index (χ3n) is 3.54. The smallest absolute Gasteiger partial charge is 0.191 e. The lowest BCUT2D eigenvalue weighted by Gasteiger charge is -2.22. The number of guanidine groups is 1. The van der Waals surface area contributed by atoms with Crippen LogP contribution < -0.4 is 15.4 Å². The molecule has 0 saturated carbocycles. The van der Waals surface area contributed by atoms with Crippen molar-refractivity contribution in [1.82, 2.24) is 10.6 Å². The molecular formula is C17H28FN3OS. The molecule has 0 aliphatic carbocycles. The van der Waals surface area contributed by atoms with E-state index in [4.69, 9.17) is 4.74 Å². The summed E-state index contributed by atoms with van der Waals surface area (Å²) in [5, 5.41) is 6.55. The third kappa shape index (κ3) is 6.29. The van der Waals surface area contributed by atoms with Gasteiger partial charge in [0.25, 0.3) is 0 Å². The summed E-state index contributed by atoms with van der Waals surface area (Å²) in [6, 6.07) is 4.93. The predicted molar refractivity (Wildman–Crippen MR) is 98.1 cm³/mol. The largest absolute Gasteiger partial charge is 0.494 e. The minimum Gasteiger partial charge on any atom is -0.494 e. The maximum Gasteiger partial charge on any atom is 0.191 e. The van der Waals surface area contributed by atoms with Gasteiger partial charge in [-0.15, -0.1) is 0 Å². The third-order valence-corrected chi connectivity index (χ3v) is 4.78. The molecule has 0 aliphatic heterocycles. The van der Waals surface area contributed by atoms with E-state index < -0.39 is 0 Å². The summed E-state index contributed by atoms with van der Waals surface area (Å²) < 4.78 is 18.9. The molecule has 130 valence electrons. The Labute approximate surface area is 143 Å². The van der Waals surface area contributed by atoms with Crippen molar-refractivity contribution in [2.75, 3.05) is 26.5 Å². The van der Waals surface area contributed by atoms with E-state index >= 15 is 0 Å². The Hall–Kier alpha value is -1.43. The molecule has 1 aromatic rings. The zero-order chi connectivity index (χ0) is 17.5. The number of benzene rings is 1. The Balaban J connectivity index is 2.83. The Morgan fingerprint density at radius 1 is 1.43 bits per heavy atom. The van der Waals surface area contributed by atoms with Gasteiger partial charge in [0.1, 0.15) is 0 Å². The van der Waals surface area contributed by atoms with Crippen LogP contribution in [0.25, 0.3) is 0 Å². The second kappa shape index (κ2) is 9.01. The molecule has 1 rings (SSSR count). The van der Waals surface area contributed by atoms with Crippen LogP contribution in [0.2, 0.25) is 0 Å². The number of hydrogen-bond donors (Lipinski definition) is 2. The number of rotatable bonds is 7. The number of halogens is 1. The molecular weight excluding hydrogens is 313 g/mol. The average molecular weight is 341 g/mol. The SMILES string of the molecule is CCNC(=NCC(C)(C)SC)NC(C)c1ccc(OC)c(F)c1. The number of methoxy groups -OCH3 is 1. The molecule has 0 radical (unpaired) electrons. The first-order chi connectivity index (χ1) is 10.8. The maximum atomic E-state index is 13.8. The first kappa shape index (κ1) is 19.6. The van der Waals surface area contributed by atoms with E-state index in [0.29, 0.717) is 6.54 Å². The van der Waals surface area contributed by atoms with Crippen molar-refractivity contribution < 1.29 is 9.13 Å². The minimum atomic E-state index is -0.357. The number of nitrogens with one attached hydrogen (secondary N) is 2. The Kier molecular flexibility index (Phi) is 7.68. The zero-order valence-electron chi connectivity index (χ0n) is 14.9. The molecule has 0 aromatic heterocycles. The quantitative estimate of drug-likeness (QED) is 0.588. The fraction of sp³-hybridized carbons (Fsp3) is 0.588. The normalized spacial score (nSPS) is 13.6. The average Bonchev–Trinajstić information content (AvgIpc) is 2.52. The van der Waals surface area contributed by atoms with Crippen molar-refractivity contribution in [2.24, 2.45) is 4.99 Å². The van der Waals surface area contributed by atoms with E-state index in [-0.39, 0.29) is 22.4 Å². The van der Waals surface area contributed by atoms with Crippen molar-refractivity contribution in [3.63, 3.8) is 0 Å². The first-order valence-electron chi connectivity index (χ1n) is 7.76. The lowest BCUT2D eigenvalue weighted by Crippen LogP contribution is -2.39. The molecule has 0 fully saturated rings. The van der Waals surface area contributed by atoms with Gasteiger partial charge < -0.3 is 15.4 Å². The van der Waals surface area contributed by atoms with Crippen molar-refractivity contribution in [2.45, 2.75) is 38.5 Å². The lowest BCUT2D eigenvalue weighted by molar-refractivity contribution is 0.386. The maximum absolute atomic E-state index is 13.8. The zero-order valence-corrected chi connectivity index (χ0v) is 15.7. The van der Waals surface area contributed by atoms with Gasteiger partial charge in [-0.3, -0.25) is 4.99 Å². The molecule has 1 aromatic carbocycles. The standard InChI is InChI=1S/C17H28FN3OS/c1-7-19-16(20-11-17(3,4)23-6)21-12(2)13-8-9-15(22-5)14(18)10-13/h8-10,12H,7,11H2,1-6H3,(H2,19,20,21). The van der Waals surface area contributed by atoms with Gasteiger partial charge >= 0.3 is 0 Å². The molecule has 6 heteroatoms. The molecule has 0 heterocycles. The highest BCUT2D eigenvalue weighted by molar-refractivity contribution is 7.99. The summed E-state index contributed by atoms with van der Waals surface area (Å²) in [6.07, 6.45) is 2.08. The van der Waals surface area contributed by atoms with E-state index in [1.165, 1.54) is 13.2 Å². The van der Waals surface area contributed by atoms with Crippen LogP contribution in [0.4, 0.5) is 4.39 Å². The van der Waals surface area contributed by atoms with Gasteiger partial charge in [0.05, 0.1) is 19.7 Å². The van der Waals surface area contributed by atoms with Crippen LogP contribution >= 0.6 is 11.8 Å². The van der Waals surface area contributed by atoms with Crippen LogP contribution in [0.1, 0.15) is 39.3 Å². The topological polar surface area (TPSA) is 45.7 Å². The van der Waals surface area contributed by atoms with Gasteiger partial charge in [-0.1, -0.05) is 6.07 Å². The fourth-order valence-electron chi connectivity index (χ4n) is 1.89. The highest BCUT2D eigenvalue weighted by Crippen LogP contribution is 2.22. The molecule has 4 nitrogen and oxygen atoms in total. The molecule has 0 spiro atoms.